The van der Waals surface area contributed by atoms with Crippen LogP contribution in [0.25, 0.3) is 11.4 Å². The zero-order chi connectivity index (χ0) is 13.9. The van der Waals surface area contributed by atoms with Gasteiger partial charge in [-0.1, -0.05) is 17.3 Å². The van der Waals surface area contributed by atoms with Crippen LogP contribution in [-0.4, -0.2) is 29.8 Å². The number of carbonyl (C=O) groups is 1. The predicted molar refractivity (Wildman–Crippen MR) is 69.0 cm³/mol. The first-order valence-corrected chi connectivity index (χ1v) is 6.42. The molecule has 1 aliphatic rings. The Labute approximate surface area is 115 Å². The third-order valence-corrected chi connectivity index (χ3v) is 3.21. The number of benzene rings is 1. The average molecular weight is 274 g/mol. The lowest BCUT2D eigenvalue weighted by atomic mass is 10.1. The molecule has 0 N–H and O–H groups in total. The van der Waals surface area contributed by atoms with E-state index in [1.54, 1.807) is 24.3 Å². The lowest BCUT2D eigenvalue weighted by molar-refractivity contribution is 0.0601. The van der Waals surface area contributed by atoms with Crippen molar-refractivity contribution < 1.29 is 18.8 Å². The Hall–Kier alpha value is -2.21. The molecule has 1 unspecified atom stereocenters. The highest BCUT2D eigenvalue weighted by Gasteiger charge is 2.24. The highest BCUT2D eigenvalue weighted by Crippen LogP contribution is 2.28. The van der Waals surface area contributed by atoms with Crippen molar-refractivity contribution in [3.8, 4) is 11.4 Å². The largest absolute Gasteiger partial charge is 0.465 e. The Morgan fingerprint density at radius 3 is 2.80 bits per heavy atom. The van der Waals surface area contributed by atoms with E-state index in [0.29, 0.717) is 17.3 Å². The standard InChI is InChI=1S/C14H14N2O4/c1-18-14(17)10-6-4-9(5-7-10)12-15-13(20-16-12)11-3-2-8-19-11/h4-7,11H,2-3,8H2,1H3. The smallest absolute Gasteiger partial charge is 0.337 e. The molecule has 0 aliphatic carbocycles. The molecular weight excluding hydrogens is 260 g/mol. The van der Waals surface area contributed by atoms with E-state index in [2.05, 4.69) is 14.9 Å². The second kappa shape index (κ2) is 5.42. The summed E-state index contributed by atoms with van der Waals surface area (Å²) in [4.78, 5) is 15.7. The van der Waals surface area contributed by atoms with Crippen molar-refractivity contribution in [3.05, 3.63) is 35.7 Å². The summed E-state index contributed by atoms with van der Waals surface area (Å²) in [6, 6.07) is 6.86. The molecule has 2 aromatic rings. The van der Waals surface area contributed by atoms with Gasteiger partial charge in [-0.2, -0.15) is 4.98 Å². The van der Waals surface area contributed by atoms with Crippen molar-refractivity contribution in [2.75, 3.05) is 13.7 Å². The second-order valence-electron chi connectivity index (χ2n) is 4.53. The average Bonchev–Trinajstić information content (AvgIpc) is 3.17. The van der Waals surface area contributed by atoms with Crippen molar-refractivity contribution in [1.29, 1.82) is 0 Å². The number of carbonyl (C=O) groups excluding carboxylic acids is 1. The van der Waals surface area contributed by atoms with E-state index in [9.17, 15) is 4.79 Å². The van der Waals surface area contributed by atoms with Crippen molar-refractivity contribution in [2.24, 2.45) is 0 Å². The molecule has 1 saturated heterocycles. The van der Waals surface area contributed by atoms with Gasteiger partial charge < -0.3 is 14.0 Å². The Kier molecular flexibility index (Phi) is 3.47. The number of nitrogens with zero attached hydrogens (tertiary/aromatic N) is 2. The molecule has 0 radical (unpaired) electrons. The minimum absolute atomic E-state index is 0.0920. The summed E-state index contributed by atoms with van der Waals surface area (Å²) in [5.74, 6) is 0.631. The van der Waals surface area contributed by atoms with Gasteiger partial charge in [-0.3, -0.25) is 0 Å². The first kappa shape index (κ1) is 12.8. The van der Waals surface area contributed by atoms with Crippen LogP contribution in [0.2, 0.25) is 0 Å². The lowest BCUT2D eigenvalue weighted by Gasteiger charge is -2.01. The maximum Gasteiger partial charge on any atom is 0.337 e. The Bertz CT molecular complexity index is 600. The van der Waals surface area contributed by atoms with Gasteiger partial charge >= 0.3 is 5.97 Å². The van der Waals surface area contributed by atoms with Gasteiger partial charge in [0.25, 0.3) is 5.89 Å². The highest BCUT2D eigenvalue weighted by atomic mass is 16.5. The third-order valence-electron chi connectivity index (χ3n) is 3.21. The summed E-state index contributed by atoms with van der Waals surface area (Å²) in [7, 11) is 1.35. The fourth-order valence-electron chi connectivity index (χ4n) is 2.13. The van der Waals surface area contributed by atoms with Crippen LogP contribution in [0, 0.1) is 0 Å². The number of hydrogen-bond acceptors (Lipinski definition) is 6. The summed E-state index contributed by atoms with van der Waals surface area (Å²) < 4.78 is 15.4. The fraction of sp³-hybridized carbons (Fsp3) is 0.357. The summed E-state index contributed by atoms with van der Waals surface area (Å²) in [6.07, 6.45) is 1.82. The van der Waals surface area contributed by atoms with E-state index >= 15 is 0 Å². The van der Waals surface area contributed by atoms with Crippen molar-refractivity contribution in [2.45, 2.75) is 18.9 Å². The maximum atomic E-state index is 11.4. The van der Waals surface area contributed by atoms with Crippen molar-refractivity contribution in [3.63, 3.8) is 0 Å². The molecule has 1 aliphatic heterocycles. The molecule has 20 heavy (non-hydrogen) atoms. The van der Waals surface area contributed by atoms with Crippen LogP contribution < -0.4 is 0 Å². The monoisotopic (exact) mass is 274 g/mol. The fourth-order valence-corrected chi connectivity index (χ4v) is 2.13. The van der Waals surface area contributed by atoms with Gasteiger partial charge in [-0.05, 0) is 25.0 Å². The molecular formula is C14H14N2O4. The molecule has 1 fully saturated rings. The molecule has 2 heterocycles. The van der Waals surface area contributed by atoms with E-state index in [1.165, 1.54) is 7.11 Å². The van der Waals surface area contributed by atoms with Gasteiger partial charge in [0.15, 0.2) is 0 Å². The van der Waals surface area contributed by atoms with Gasteiger partial charge in [0.2, 0.25) is 5.82 Å². The van der Waals surface area contributed by atoms with Crippen LogP contribution in [0.15, 0.2) is 28.8 Å². The second-order valence-corrected chi connectivity index (χ2v) is 4.53. The quantitative estimate of drug-likeness (QED) is 0.800. The summed E-state index contributed by atoms with van der Waals surface area (Å²) in [5.41, 5.74) is 1.27. The Morgan fingerprint density at radius 2 is 2.15 bits per heavy atom. The van der Waals surface area contributed by atoms with Gasteiger partial charge in [0.05, 0.1) is 12.7 Å². The van der Waals surface area contributed by atoms with E-state index in [4.69, 9.17) is 9.26 Å². The minimum atomic E-state index is -0.371. The predicted octanol–water partition coefficient (Wildman–Crippen LogP) is 2.37. The molecule has 0 bridgehead atoms. The highest BCUT2D eigenvalue weighted by molar-refractivity contribution is 5.89. The van der Waals surface area contributed by atoms with E-state index in [0.717, 1.165) is 25.0 Å². The van der Waals surface area contributed by atoms with Crippen LogP contribution in [0.5, 0.6) is 0 Å². The van der Waals surface area contributed by atoms with Crippen LogP contribution in [-0.2, 0) is 9.47 Å². The first-order valence-electron chi connectivity index (χ1n) is 6.42. The SMILES string of the molecule is COC(=O)c1ccc(-c2noc(C3CCCO3)n2)cc1. The van der Waals surface area contributed by atoms with Crippen molar-refractivity contribution in [1.82, 2.24) is 10.1 Å². The number of hydrogen-bond donors (Lipinski definition) is 0. The minimum Gasteiger partial charge on any atom is -0.465 e. The topological polar surface area (TPSA) is 74.5 Å². The number of esters is 1. The van der Waals surface area contributed by atoms with Gasteiger partial charge in [-0.15, -0.1) is 0 Å². The molecule has 104 valence electrons. The zero-order valence-electron chi connectivity index (χ0n) is 11.0. The molecule has 3 rings (SSSR count). The molecule has 1 atom stereocenters. The van der Waals surface area contributed by atoms with Crippen LogP contribution in [0.1, 0.15) is 35.2 Å². The van der Waals surface area contributed by atoms with Crippen molar-refractivity contribution >= 4 is 5.97 Å². The molecule has 0 amide bonds. The van der Waals surface area contributed by atoms with Crippen LogP contribution in [0.3, 0.4) is 0 Å². The number of methoxy groups -OCH3 is 1. The summed E-state index contributed by atoms with van der Waals surface area (Å²) in [6.45, 7) is 0.732. The van der Waals surface area contributed by atoms with E-state index in [-0.39, 0.29) is 12.1 Å². The maximum absolute atomic E-state index is 11.4. The molecule has 1 aromatic heterocycles. The van der Waals surface area contributed by atoms with E-state index in [1.807, 2.05) is 0 Å². The Morgan fingerprint density at radius 1 is 1.35 bits per heavy atom. The molecule has 6 nitrogen and oxygen atoms in total. The van der Waals surface area contributed by atoms with Gasteiger partial charge in [-0.25, -0.2) is 4.79 Å². The van der Waals surface area contributed by atoms with Crippen LogP contribution >= 0.6 is 0 Å². The summed E-state index contributed by atoms with van der Waals surface area (Å²) >= 11 is 0. The number of ether oxygens (including phenoxy) is 2. The lowest BCUT2D eigenvalue weighted by Crippen LogP contribution is -2.00. The molecule has 0 saturated carbocycles. The van der Waals surface area contributed by atoms with Crippen LogP contribution in [0.4, 0.5) is 0 Å². The number of aromatic nitrogens is 2. The normalized spacial score (nSPS) is 18.1. The molecule has 0 spiro atoms. The Balaban J connectivity index is 1.80. The number of rotatable bonds is 3. The molecule has 1 aromatic carbocycles. The summed E-state index contributed by atoms with van der Waals surface area (Å²) in [5, 5.41) is 3.94. The first-order chi connectivity index (χ1) is 9.78. The van der Waals surface area contributed by atoms with Gasteiger partial charge in [0, 0.05) is 12.2 Å². The molecule has 6 heteroatoms. The zero-order valence-corrected chi connectivity index (χ0v) is 11.0. The van der Waals surface area contributed by atoms with E-state index < -0.39 is 0 Å². The van der Waals surface area contributed by atoms with Gasteiger partial charge in [0.1, 0.15) is 6.10 Å². The third kappa shape index (κ3) is 2.42.